The number of benzene rings is 1. The molecule has 0 heterocycles. The van der Waals surface area contributed by atoms with E-state index in [9.17, 15) is 4.79 Å². The molecule has 0 saturated carbocycles. The molecule has 0 spiro atoms. The Kier molecular flexibility index (Phi) is 4.98. The van der Waals surface area contributed by atoms with Crippen LogP contribution in [-0.4, -0.2) is 25.4 Å². The molecule has 1 amide bonds. The van der Waals surface area contributed by atoms with Gasteiger partial charge in [-0.1, -0.05) is 18.2 Å². The van der Waals surface area contributed by atoms with Gasteiger partial charge in [-0.15, -0.1) is 11.6 Å². The summed E-state index contributed by atoms with van der Waals surface area (Å²) in [5.74, 6) is 1.12. The molecule has 0 aliphatic rings. The first-order valence-electron chi connectivity index (χ1n) is 4.72. The Morgan fingerprint density at radius 1 is 1.47 bits per heavy atom. The van der Waals surface area contributed by atoms with Gasteiger partial charge >= 0.3 is 0 Å². The van der Waals surface area contributed by atoms with Crippen LogP contribution >= 0.6 is 11.6 Å². The number of hydrogen-bond donors (Lipinski definition) is 1. The van der Waals surface area contributed by atoms with E-state index < -0.39 is 0 Å². The SMILES string of the molecule is COc1ccccc1CC(=O)NCCCl. The van der Waals surface area contributed by atoms with Crippen molar-refractivity contribution in [1.82, 2.24) is 5.32 Å². The van der Waals surface area contributed by atoms with Crippen LogP contribution < -0.4 is 10.1 Å². The monoisotopic (exact) mass is 227 g/mol. The van der Waals surface area contributed by atoms with Crippen LogP contribution in [0.2, 0.25) is 0 Å². The quantitative estimate of drug-likeness (QED) is 0.776. The van der Waals surface area contributed by atoms with Gasteiger partial charge in [-0.05, 0) is 6.07 Å². The lowest BCUT2D eigenvalue weighted by Gasteiger charge is -2.07. The van der Waals surface area contributed by atoms with Gasteiger partial charge in [0, 0.05) is 18.0 Å². The van der Waals surface area contributed by atoms with Crippen molar-refractivity contribution in [2.75, 3.05) is 19.5 Å². The largest absolute Gasteiger partial charge is 0.496 e. The molecule has 1 aromatic carbocycles. The topological polar surface area (TPSA) is 38.3 Å². The second-order valence-electron chi connectivity index (χ2n) is 3.03. The van der Waals surface area contributed by atoms with Gasteiger partial charge < -0.3 is 10.1 Å². The number of hydrogen-bond acceptors (Lipinski definition) is 2. The first-order valence-corrected chi connectivity index (χ1v) is 5.26. The van der Waals surface area contributed by atoms with Crippen molar-refractivity contribution in [1.29, 1.82) is 0 Å². The summed E-state index contributed by atoms with van der Waals surface area (Å²) in [6.45, 7) is 0.496. The highest BCUT2D eigenvalue weighted by molar-refractivity contribution is 6.18. The van der Waals surface area contributed by atoms with Gasteiger partial charge in [0.15, 0.2) is 0 Å². The summed E-state index contributed by atoms with van der Waals surface area (Å²) in [7, 11) is 1.59. The Balaban J connectivity index is 2.59. The van der Waals surface area contributed by atoms with Crippen LogP contribution in [0.5, 0.6) is 5.75 Å². The number of carbonyl (C=O) groups excluding carboxylic acids is 1. The normalized spacial score (nSPS) is 9.73. The van der Waals surface area contributed by atoms with E-state index in [1.807, 2.05) is 24.3 Å². The number of rotatable bonds is 5. The summed E-state index contributed by atoms with van der Waals surface area (Å²) in [5.41, 5.74) is 0.882. The van der Waals surface area contributed by atoms with E-state index in [4.69, 9.17) is 16.3 Å². The Morgan fingerprint density at radius 3 is 2.87 bits per heavy atom. The molecule has 0 radical (unpaired) electrons. The van der Waals surface area contributed by atoms with Gasteiger partial charge in [-0.3, -0.25) is 4.79 Å². The summed E-state index contributed by atoms with van der Waals surface area (Å²) < 4.78 is 5.14. The minimum Gasteiger partial charge on any atom is -0.496 e. The zero-order valence-corrected chi connectivity index (χ0v) is 9.38. The summed E-state index contributed by atoms with van der Waals surface area (Å²) in [4.78, 5) is 11.4. The van der Waals surface area contributed by atoms with Crippen LogP contribution in [-0.2, 0) is 11.2 Å². The zero-order chi connectivity index (χ0) is 11.1. The third-order valence-electron chi connectivity index (χ3n) is 1.96. The van der Waals surface area contributed by atoms with E-state index in [2.05, 4.69) is 5.32 Å². The second-order valence-corrected chi connectivity index (χ2v) is 3.41. The lowest BCUT2D eigenvalue weighted by Crippen LogP contribution is -2.26. The molecule has 1 N–H and O–H groups in total. The predicted molar refractivity (Wildman–Crippen MR) is 60.4 cm³/mol. The Morgan fingerprint density at radius 2 is 2.20 bits per heavy atom. The fourth-order valence-electron chi connectivity index (χ4n) is 1.27. The maximum atomic E-state index is 11.4. The van der Waals surface area contributed by atoms with E-state index >= 15 is 0 Å². The molecule has 0 fully saturated rings. The first kappa shape index (κ1) is 11.9. The van der Waals surface area contributed by atoms with Crippen LogP contribution in [0, 0.1) is 0 Å². The van der Waals surface area contributed by atoms with Crippen LogP contribution in [0.1, 0.15) is 5.56 Å². The molecule has 82 valence electrons. The molecule has 0 aliphatic heterocycles. The van der Waals surface area contributed by atoms with Crippen molar-refractivity contribution in [3.8, 4) is 5.75 Å². The summed E-state index contributed by atoms with van der Waals surface area (Å²) in [5, 5.41) is 2.71. The third kappa shape index (κ3) is 3.80. The number of nitrogens with one attached hydrogen (secondary N) is 1. The molecule has 3 nitrogen and oxygen atoms in total. The molecule has 1 rings (SSSR count). The standard InChI is InChI=1S/C11H14ClNO2/c1-15-10-5-3-2-4-9(10)8-11(14)13-7-6-12/h2-5H,6-8H2,1H3,(H,13,14). The van der Waals surface area contributed by atoms with Crippen molar-refractivity contribution < 1.29 is 9.53 Å². The van der Waals surface area contributed by atoms with Crippen molar-refractivity contribution in [3.05, 3.63) is 29.8 Å². The predicted octanol–water partition coefficient (Wildman–Crippen LogP) is 1.59. The second kappa shape index (κ2) is 6.30. The van der Waals surface area contributed by atoms with Crippen LogP contribution in [0.25, 0.3) is 0 Å². The van der Waals surface area contributed by atoms with E-state index in [1.54, 1.807) is 7.11 Å². The van der Waals surface area contributed by atoms with Gasteiger partial charge in [0.1, 0.15) is 5.75 Å². The van der Waals surface area contributed by atoms with Crippen LogP contribution in [0.3, 0.4) is 0 Å². The van der Waals surface area contributed by atoms with Crippen molar-refractivity contribution in [3.63, 3.8) is 0 Å². The molecule has 4 heteroatoms. The molecule has 15 heavy (non-hydrogen) atoms. The fourth-order valence-corrected chi connectivity index (χ4v) is 1.37. The molecule has 0 saturated heterocycles. The molecule has 0 unspecified atom stereocenters. The van der Waals surface area contributed by atoms with Gasteiger partial charge in [0.25, 0.3) is 0 Å². The summed E-state index contributed by atoms with van der Waals surface area (Å²) in [6.07, 6.45) is 0.320. The van der Waals surface area contributed by atoms with Crippen LogP contribution in [0.4, 0.5) is 0 Å². The highest BCUT2D eigenvalue weighted by Gasteiger charge is 2.06. The molecular formula is C11H14ClNO2. The minimum atomic E-state index is -0.0415. The first-order chi connectivity index (χ1) is 7.27. The van der Waals surface area contributed by atoms with Gasteiger partial charge in [0.05, 0.1) is 13.5 Å². The highest BCUT2D eigenvalue weighted by Crippen LogP contribution is 2.17. The van der Waals surface area contributed by atoms with E-state index in [0.717, 1.165) is 11.3 Å². The number of para-hydroxylation sites is 1. The fraction of sp³-hybridized carbons (Fsp3) is 0.364. The van der Waals surface area contributed by atoms with Crippen molar-refractivity contribution in [2.24, 2.45) is 0 Å². The lowest BCUT2D eigenvalue weighted by atomic mass is 10.1. The van der Waals surface area contributed by atoms with Crippen molar-refractivity contribution in [2.45, 2.75) is 6.42 Å². The number of carbonyl (C=O) groups is 1. The van der Waals surface area contributed by atoms with E-state index in [-0.39, 0.29) is 5.91 Å². The molecule has 0 bridgehead atoms. The molecule has 0 aliphatic carbocycles. The number of halogens is 1. The summed E-state index contributed by atoms with van der Waals surface area (Å²) in [6, 6.07) is 7.47. The number of methoxy groups -OCH3 is 1. The highest BCUT2D eigenvalue weighted by atomic mass is 35.5. The zero-order valence-electron chi connectivity index (χ0n) is 8.63. The molecule has 1 aromatic rings. The van der Waals surface area contributed by atoms with Crippen molar-refractivity contribution >= 4 is 17.5 Å². The van der Waals surface area contributed by atoms with Gasteiger partial charge in [-0.25, -0.2) is 0 Å². The lowest BCUT2D eigenvalue weighted by molar-refractivity contribution is -0.120. The molecule has 0 atom stereocenters. The van der Waals surface area contributed by atoms with E-state index in [1.165, 1.54) is 0 Å². The number of amides is 1. The Hall–Kier alpha value is -1.22. The molecule has 0 aromatic heterocycles. The third-order valence-corrected chi connectivity index (χ3v) is 2.15. The Bertz CT molecular complexity index is 328. The van der Waals surface area contributed by atoms with E-state index in [0.29, 0.717) is 18.8 Å². The maximum absolute atomic E-state index is 11.4. The van der Waals surface area contributed by atoms with Crippen LogP contribution in [0.15, 0.2) is 24.3 Å². The maximum Gasteiger partial charge on any atom is 0.224 e. The average molecular weight is 228 g/mol. The number of ether oxygens (including phenoxy) is 1. The molecular weight excluding hydrogens is 214 g/mol. The van der Waals surface area contributed by atoms with Gasteiger partial charge in [0.2, 0.25) is 5.91 Å². The average Bonchev–Trinajstić information content (AvgIpc) is 2.27. The summed E-state index contributed by atoms with van der Waals surface area (Å²) >= 11 is 5.47. The van der Waals surface area contributed by atoms with Gasteiger partial charge in [-0.2, -0.15) is 0 Å². The number of alkyl halides is 1. The minimum absolute atomic E-state index is 0.0415. The Labute approximate surface area is 94.4 Å². The smallest absolute Gasteiger partial charge is 0.224 e.